The fraction of sp³-hybridized carbons (Fsp3) is 0.364. The second-order valence-electron chi connectivity index (χ2n) is 12.7. The quantitative estimate of drug-likeness (QED) is 0.252. The van der Waals surface area contributed by atoms with Crippen LogP contribution in [0.2, 0.25) is 0 Å². The lowest BCUT2D eigenvalue weighted by Crippen LogP contribution is -2.60. The van der Waals surface area contributed by atoms with Crippen LogP contribution in [0.3, 0.4) is 0 Å². The molecule has 2 bridgehead atoms. The molecule has 256 valence electrons. The number of piperidine rings is 2. The molecule has 4 aliphatic rings. The van der Waals surface area contributed by atoms with Gasteiger partial charge in [-0.25, -0.2) is 18.0 Å². The molecule has 0 spiro atoms. The highest BCUT2D eigenvalue weighted by Gasteiger charge is 2.56. The molecule has 1 aliphatic carbocycles. The lowest BCUT2D eigenvalue weighted by atomic mass is 9.58. The molecule has 2 amide bonds. The number of alkyl halides is 5. The van der Waals surface area contributed by atoms with Crippen molar-refractivity contribution in [1.29, 1.82) is 0 Å². The van der Waals surface area contributed by atoms with E-state index in [0.717, 1.165) is 23.2 Å². The number of rotatable bonds is 5. The van der Waals surface area contributed by atoms with Crippen molar-refractivity contribution in [3.8, 4) is 22.7 Å². The molecule has 2 aromatic heterocycles. The molecule has 3 fully saturated rings. The molecule has 16 heteroatoms. The van der Waals surface area contributed by atoms with Crippen molar-refractivity contribution in [3.05, 3.63) is 83.1 Å². The molecular formula is C33H28F6N6O4. The highest BCUT2D eigenvalue weighted by molar-refractivity contribution is 5.99. The van der Waals surface area contributed by atoms with Crippen LogP contribution in [-0.2, 0) is 33.6 Å². The van der Waals surface area contributed by atoms with Crippen molar-refractivity contribution in [2.75, 3.05) is 25.1 Å². The first-order valence-electron chi connectivity index (χ1n) is 15.3. The topological polar surface area (TPSA) is 128 Å². The van der Waals surface area contributed by atoms with E-state index in [-0.39, 0.29) is 47.7 Å². The third kappa shape index (κ3) is 5.77. The van der Waals surface area contributed by atoms with Crippen molar-refractivity contribution < 1.29 is 45.1 Å². The lowest BCUT2D eigenvalue weighted by molar-refractivity contribution is -0.137. The monoisotopic (exact) mass is 686 g/mol. The van der Waals surface area contributed by atoms with Gasteiger partial charge in [0.2, 0.25) is 11.8 Å². The smallest absolute Gasteiger partial charge is 0.417 e. The minimum Gasteiger partial charge on any atom is -0.453 e. The number of hydrogen-bond donors (Lipinski definition) is 1. The Bertz CT molecular complexity index is 1930. The number of hydrogen-bond acceptors (Lipinski definition) is 8. The highest BCUT2D eigenvalue weighted by atomic mass is 19.4. The molecule has 0 radical (unpaired) electrons. The van der Waals surface area contributed by atoms with E-state index in [1.54, 1.807) is 24.3 Å². The molecule has 5 heterocycles. The molecule has 10 nitrogen and oxygen atoms in total. The number of carbonyl (C=O) groups excluding carboxylic acids is 2. The van der Waals surface area contributed by atoms with E-state index in [0.29, 0.717) is 36.6 Å². The summed E-state index contributed by atoms with van der Waals surface area (Å²) >= 11 is 0. The SMILES string of the molecule is COC(=O)N1CC2CC(c3nnc(-c4cc5c(cc4F)C(F)(F)CC(N)C(=O)N5Cc4ccc(-c5ccc(C(F)(F)F)cn5)cc4)o3)(C2)C1. The van der Waals surface area contributed by atoms with Gasteiger partial charge in [0, 0.05) is 36.8 Å². The van der Waals surface area contributed by atoms with Crippen LogP contribution in [0.25, 0.3) is 22.7 Å². The van der Waals surface area contributed by atoms with Gasteiger partial charge in [0.15, 0.2) is 0 Å². The van der Waals surface area contributed by atoms with Crippen molar-refractivity contribution in [2.45, 2.75) is 49.4 Å². The summed E-state index contributed by atoms with van der Waals surface area (Å²) in [5.74, 6) is -5.51. The van der Waals surface area contributed by atoms with E-state index in [4.69, 9.17) is 14.9 Å². The standard InChI is InChI=1S/C33H28F6N6O4/c1-48-30(47)44-14-18-10-31(11-18,16-44)29-43-42-27(49-29)21-8-26-22(9-23(21)34)32(35,36)12-24(40)28(46)45(26)15-17-2-4-19(5-3-17)25-7-6-20(13-41-25)33(37,38)39/h2-9,13,18,24H,10-12,14-16,40H2,1H3. The maximum absolute atomic E-state index is 15.6. The molecule has 8 rings (SSSR count). The Morgan fingerprint density at radius 2 is 1.82 bits per heavy atom. The van der Waals surface area contributed by atoms with E-state index < -0.39 is 58.9 Å². The average molecular weight is 687 g/mol. The highest BCUT2D eigenvalue weighted by Crippen LogP contribution is 2.52. The van der Waals surface area contributed by atoms with Gasteiger partial charge in [0.25, 0.3) is 11.8 Å². The molecule has 1 saturated carbocycles. The number of halogens is 6. The van der Waals surface area contributed by atoms with Crippen molar-refractivity contribution >= 4 is 17.7 Å². The number of nitrogens with two attached hydrogens (primary N) is 1. The predicted octanol–water partition coefficient (Wildman–Crippen LogP) is 6.04. The minimum atomic E-state index is -4.54. The Morgan fingerprint density at radius 3 is 2.47 bits per heavy atom. The fourth-order valence-corrected chi connectivity index (χ4v) is 7.00. The van der Waals surface area contributed by atoms with E-state index in [2.05, 4.69) is 15.2 Å². The third-order valence-corrected chi connectivity index (χ3v) is 9.38. The largest absolute Gasteiger partial charge is 0.453 e. The molecule has 2 N–H and O–H groups in total. The van der Waals surface area contributed by atoms with Crippen LogP contribution in [0.1, 0.15) is 41.8 Å². The normalized spacial score (nSPS) is 23.1. The molecule has 49 heavy (non-hydrogen) atoms. The zero-order valence-corrected chi connectivity index (χ0v) is 25.8. The van der Waals surface area contributed by atoms with Crippen molar-refractivity contribution in [3.63, 3.8) is 0 Å². The number of aromatic nitrogens is 3. The number of amides is 2. The predicted molar refractivity (Wildman–Crippen MR) is 160 cm³/mol. The number of fused-ring (bicyclic) bond motifs is 3. The van der Waals surface area contributed by atoms with Crippen LogP contribution in [0.5, 0.6) is 0 Å². The molecule has 2 aromatic carbocycles. The maximum Gasteiger partial charge on any atom is 0.417 e. The van der Waals surface area contributed by atoms with Gasteiger partial charge in [-0.15, -0.1) is 10.2 Å². The van der Waals surface area contributed by atoms with Crippen molar-refractivity contribution in [2.24, 2.45) is 11.7 Å². The van der Waals surface area contributed by atoms with Crippen LogP contribution < -0.4 is 10.6 Å². The molecule has 4 aromatic rings. The van der Waals surface area contributed by atoms with Gasteiger partial charge in [-0.1, -0.05) is 24.3 Å². The van der Waals surface area contributed by atoms with E-state index in [1.807, 2.05) is 0 Å². The van der Waals surface area contributed by atoms with Gasteiger partial charge in [0.1, 0.15) is 5.82 Å². The Kier molecular flexibility index (Phi) is 7.68. The Balaban J connectivity index is 1.21. The Labute approximate surface area is 274 Å². The van der Waals surface area contributed by atoms with E-state index >= 15 is 13.2 Å². The van der Waals surface area contributed by atoms with Gasteiger partial charge < -0.3 is 24.7 Å². The zero-order chi connectivity index (χ0) is 34.9. The zero-order valence-electron chi connectivity index (χ0n) is 25.8. The Hall–Kier alpha value is -4.99. The third-order valence-electron chi connectivity index (χ3n) is 9.38. The lowest BCUT2D eigenvalue weighted by Gasteiger charge is -2.53. The second kappa shape index (κ2) is 11.6. The summed E-state index contributed by atoms with van der Waals surface area (Å²) in [7, 11) is 1.28. The number of pyridine rings is 1. The van der Waals surface area contributed by atoms with Crippen LogP contribution in [0.4, 0.5) is 36.8 Å². The minimum absolute atomic E-state index is 0.171. The second-order valence-corrected chi connectivity index (χ2v) is 12.7. The number of methoxy groups -OCH3 is 1. The summed E-state index contributed by atoms with van der Waals surface area (Å²) in [4.78, 5) is 32.1. The first-order chi connectivity index (χ1) is 23.2. The van der Waals surface area contributed by atoms with Gasteiger partial charge in [-0.3, -0.25) is 9.78 Å². The van der Waals surface area contributed by atoms with Gasteiger partial charge in [-0.05, 0) is 48.6 Å². The summed E-state index contributed by atoms with van der Waals surface area (Å²) < 4.78 is 96.2. The van der Waals surface area contributed by atoms with E-state index in [1.165, 1.54) is 18.1 Å². The summed E-state index contributed by atoms with van der Waals surface area (Å²) in [6, 6.07) is 8.48. The Morgan fingerprint density at radius 1 is 1.08 bits per heavy atom. The fourth-order valence-electron chi connectivity index (χ4n) is 7.00. The van der Waals surface area contributed by atoms with Crippen LogP contribution in [0, 0.1) is 11.7 Å². The molecule has 3 aliphatic heterocycles. The molecule has 1 atom stereocenters. The number of anilines is 1. The van der Waals surface area contributed by atoms with Gasteiger partial charge in [-0.2, -0.15) is 13.2 Å². The van der Waals surface area contributed by atoms with Crippen LogP contribution >= 0.6 is 0 Å². The van der Waals surface area contributed by atoms with Crippen LogP contribution in [-0.4, -0.2) is 58.3 Å². The molecular weight excluding hydrogens is 658 g/mol. The van der Waals surface area contributed by atoms with Crippen LogP contribution in [0.15, 0.2) is 59.1 Å². The molecule has 1 unspecified atom stereocenters. The number of carbonyl (C=O) groups is 2. The number of nitrogens with zero attached hydrogens (tertiary/aromatic N) is 5. The summed E-state index contributed by atoms with van der Waals surface area (Å²) in [5, 5.41) is 8.15. The summed E-state index contributed by atoms with van der Waals surface area (Å²) in [5.41, 5.74) is 4.21. The first-order valence-corrected chi connectivity index (χ1v) is 15.3. The van der Waals surface area contributed by atoms with Crippen molar-refractivity contribution in [1.82, 2.24) is 20.1 Å². The average Bonchev–Trinajstić information content (AvgIpc) is 3.54. The number of ether oxygens (including phenoxy) is 1. The summed E-state index contributed by atoms with van der Waals surface area (Å²) in [6.45, 7) is 0.526. The maximum atomic E-state index is 15.6. The van der Waals surface area contributed by atoms with E-state index in [9.17, 15) is 22.8 Å². The van der Waals surface area contributed by atoms with Gasteiger partial charge >= 0.3 is 12.3 Å². The molecule has 2 saturated heterocycles. The first kappa shape index (κ1) is 32.6. The number of benzene rings is 2. The van der Waals surface area contributed by atoms with Gasteiger partial charge in [0.05, 0.1) is 47.6 Å². The summed E-state index contributed by atoms with van der Waals surface area (Å²) in [6.07, 6.45) is -4.06.